The Hall–Kier alpha value is -2.38. The third-order valence-electron chi connectivity index (χ3n) is 3.85. The van der Waals surface area contributed by atoms with E-state index in [2.05, 4.69) is 15.3 Å². The summed E-state index contributed by atoms with van der Waals surface area (Å²) < 4.78 is 0. The second-order valence-electron chi connectivity index (χ2n) is 5.25. The smallest absolute Gasteiger partial charge is 0.354 e. The van der Waals surface area contributed by atoms with E-state index in [-0.39, 0.29) is 11.4 Å². The van der Waals surface area contributed by atoms with Crippen LogP contribution in [0, 0.1) is 0 Å². The third-order valence-corrected chi connectivity index (χ3v) is 3.85. The lowest BCUT2D eigenvalue weighted by Crippen LogP contribution is -2.57. The van der Waals surface area contributed by atoms with Gasteiger partial charge >= 0.3 is 5.97 Å². The van der Waals surface area contributed by atoms with Gasteiger partial charge < -0.3 is 21.1 Å². The molecular weight excluding hydrogens is 276 g/mol. The molecule has 1 aromatic heterocycles. The molecular formula is C13H18N4O4. The molecule has 2 amide bonds. The summed E-state index contributed by atoms with van der Waals surface area (Å²) in [5.74, 6) is -2.58. The first-order chi connectivity index (χ1) is 9.96. The fraction of sp³-hybridized carbons (Fsp3) is 0.538. The van der Waals surface area contributed by atoms with Crippen LogP contribution in [0.1, 0.15) is 59.5 Å². The zero-order valence-corrected chi connectivity index (χ0v) is 11.5. The van der Waals surface area contributed by atoms with Crippen molar-refractivity contribution in [2.24, 2.45) is 5.73 Å². The summed E-state index contributed by atoms with van der Waals surface area (Å²) >= 11 is 0. The molecule has 0 unspecified atom stereocenters. The number of primary amides is 1. The monoisotopic (exact) mass is 294 g/mol. The number of nitrogens with one attached hydrogen (secondary N) is 2. The van der Waals surface area contributed by atoms with Gasteiger partial charge in [0.25, 0.3) is 5.91 Å². The maximum absolute atomic E-state index is 12.3. The van der Waals surface area contributed by atoms with Gasteiger partial charge in [0.1, 0.15) is 5.54 Å². The SMILES string of the molecule is NC(=O)C1(NC(=O)c2nc[nH]c2C(=O)O)CCCCCC1. The Bertz CT molecular complexity index is 558. The molecule has 2 rings (SSSR count). The quantitative estimate of drug-likeness (QED) is 0.596. The van der Waals surface area contributed by atoms with Gasteiger partial charge in [-0.1, -0.05) is 25.7 Å². The first-order valence-electron chi connectivity index (χ1n) is 6.85. The first kappa shape index (κ1) is 15.0. The number of amides is 2. The van der Waals surface area contributed by atoms with E-state index in [1.54, 1.807) is 0 Å². The lowest BCUT2D eigenvalue weighted by Gasteiger charge is -2.30. The standard InChI is InChI=1S/C13H18N4O4/c14-12(21)13(5-3-1-2-4-6-13)17-10(18)8-9(11(19)20)16-7-15-8/h7H,1-6H2,(H2,14,21)(H,15,16)(H,17,18)(H,19,20). The topological polar surface area (TPSA) is 138 Å². The maximum Gasteiger partial charge on any atom is 0.354 e. The number of hydrogen-bond acceptors (Lipinski definition) is 4. The molecule has 1 aliphatic rings. The van der Waals surface area contributed by atoms with Crippen molar-refractivity contribution in [3.8, 4) is 0 Å². The van der Waals surface area contributed by atoms with Crippen LogP contribution in [0.2, 0.25) is 0 Å². The van der Waals surface area contributed by atoms with Gasteiger partial charge in [0.15, 0.2) is 11.4 Å². The molecule has 0 atom stereocenters. The highest BCUT2D eigenvalue weighted by Gasteiger charge is 2.39. The average molecular weight is 294 g/mol. The molecule has 1 fully saturated rings. The summed E-state index contributed by atoms with van der Waals surface area (Å²) in [6.07, 6.45) is 5.58. The maximum atomic E-state index is 12.3. The summed E-state index contributed by atoms with van der Waals surface area (Å²) in [7, 11) is 0. The van der Waals surface area contributed by atoms with Crippen LogP contribution in [0.5, 0.6) is 0 Å². The van der Waals surface area contributed by atoms with Crippen molar-refractivity contribution in [2.45, 2.75) is 44.1 Å². The van der Waals surface area contributed by atoms with E-state index in [1.165, 1.54) is 0 Å². The largest absolute Gasteiger partial charge is 0.477 e. The van der Waals surface area contributed by atoms with Crippen LogP contribution in [0.4, 0.5) is 0 Å². The zero-order valence-electron chi connectivity index (χ0n) is 11.5. The minimum atomic E-state index is -1.29. The Morgan fingerprint density at radius 3 is 2.38 bits per heavy atom. The summed E-state index contributed by atoms with van der Waals surface area (Å²) in [5.41, 5.74) is 3.80. The molecule has 0 bridgehead atoms. The minimum Gasteiger partial charge on any atom is -0.477 e. The van der Waals surface area contributed by atoms with Gasteiger partial charge in [-0.2, -0.15) is 0 Å². The number of rotatable bonds is 4. The Labute approximate surface area is 121 Å². The Morgan fingerprint density at radius 1 is 1.24 bits per heavy atom. The summed E-state index contributed by atoms with van der Waals surface area (Å²) in [6.45, 7) is 0. The lowest BCUT2D eigenvalue weighted by molar-refractivity contribution is -0.124. The van der Waals surface area contributed by atoms with Gasteiger partial charge in [0.05, 0.1) is 6.33 Å². The van der Waals surface area contributed by atoms with E-state index in [4.69, 9.17) is 10.8 Å². The first-order valence-corrected chi connectivity index (χ1v) is 6.85. The van der Waals surface area contributed by atoms with Crippen molar-refractivity contribution in [1.82, 2.24) is 15.3 Å². The summed E-state index contributed by atoms with van der Waals surface area (Å²) in [5, 5.41) is 11.6. The van der Waals surface area contributed by atoms with Crippen LogP contribution < -0.4 is 11.1 Å². The van der Waals surface area contributed by atoms with Crippen molar-refractivity contribution < 1.29 is 19.5 Å². The molecule has 0 saturated heterocycles. The van der Waals surface area contributed by atoms with Gasteiger partial charge in [-0.15, -0.1) is 0 Å². The number of nitrogens with two attached hydrogens (primary N) is 1. The number of aromatic nitrogens is 2. The van der Waals surface area contributed by atoms with Crippen LogP contribution in [0.15, 0.2) is 6.33 Å². The summed E-state index contributed by atoms with van der Waals surface area (Å²) in [4.78, 5) is 41.2. The average Bonchev–Trinajstić information content (AvgIpc) is 2.80. The van der Waals surface area contributed by atoms with Crippen molar-refractivity contribution in [1.29, 1.82) is 0 Å². The molecule has 1 aliphatic carbocycles. The normalized spacial score (nSPS) is 17.7. The molecule has 8 nitrogen and oxygen atoms in total. The molecule has 1 aromatic rings. The van der Waals surface area contributed by atoms with Crippen molar-refractivity contribution in [2.75, 3.05) is 0 Å². The highest BCUT2D eigenvalue weighted by Crippen LogP contribution is 2.27. The van der Waals surface area contributed by atoms with Crippen molar-refractivity contribution in [3.05, 3.63) is 17.7 Å². The number of carboxylic acid groups (broad SMARTS) is 1. The van der Waals surface area contributed by atoms with Gasteiger partial charge in [-0.25, -0.2) is 9.78 Å². The minimum absolute atomic E-state index is 0.243. The molecule has 1 saturated carbocycles. The molecule has 0 aromatic carbocycles. The number of carbonyl (C=O) groups excluding carboxylic acids is 2. The molecule has 21 heavy (non-hydrogen) atoms. The van der Waals surface area contributed by atoms with Crippen LogP contribution in [-0.4, -0.2) is 38.4 Å². The number of nitrogens with zero attached hydrogens (tertiary/aromatic N) is 1. The van der Waals surface area contributed by atoms with Crippen LogP contribution in [0.3, 0.4) is 0 Å². The fourth-order valence-corrected chi connectivity index (χ4v) is 2.67. The highest BCUT2D eigenvalue weighted by atomic mass is 16.4. The molecule has 0 radical (unpaired) electrons. The number of H-pyrrole nitrogens is 1. The number of aromatic carboxylic acids is 1. The Kier molecular flexibility index (Phi) is 4.25. The lowest BCUT2D eigenvalue weighted by atomic mass is 9.89. The van der Waals surface area contributed by atoms with Crippen LogP contribution in [0.25, 0.3) is 0 Å². The molecule has 0 aliphatic heterocycles. The number of aromatic amines is 1. The summed E-state index contributed by atoms with van der Waals surface area (Å²) in [6, 6.07) is 0. The number of carboxylic acids is 1. The number of carbonyl (C=O) groups is 3. The fourth-order valence-electron chi connectivity index (χ4n) is 2.67. The van der Waals surface area contributed by atoms with E-state index in [0.717, 1.165) is 32.0 Å². The molecule has 8 heteroatoms. The number of imidazole rings is 1. The van der Waals surface area contributed by atoms with E-state index < -0.39 is 23.3 Å². The Balaban J connectivity index is 2.24. The van der Waals surface area contributed by atoms with Crippen molar-refractivity contribution >= 4 is 17.8 Å². The van der Waals surface area contributed by atoms with E-state index in [9.17, 15) is 14.4 Å². The predicted molar refractivity (Wildman–Crippen MR) is 72.6 cm³/mol. The molecule has 1 heterocycles. The second-order valence-corrected chi connectivity index (χ2v) is 5.25. The van der Waals surface area contributed by atoms with Crippen LogP contribution >= 0.6 is 0 Å². The highest BCUT2D eigenvalue weighted by molar-refractivity contribution is 6.04. The van der Waals surface area contributed by atoms with E-state index >= 15 is 0 Å². The zero-order chi connectivity index (χ0) is 15.5. The van der Waals surface area contributed by atoms with Gasteiger partial charge in [0.2, 0.25) is 5.91 Å². The van der Waals surface area contributed by atoms with Gasteiger partial charge in [-0.3, -0.25) is 9.59 Å². The van der Waals surface area contributed by atoms with E-state index in [0.29, 0.717) is 12.8 Å². The van der Waals surface area contributed by atoms with Crippen molar-refractivity contribution in [3.63, 3.8) is 0 Å². The number of hydrogen-bond donors (Lipinski definition) is 4. The molecule has 0 spiro atoms. The Morgan fingerprint density at radius 2 is 1.86 bits per heavy atom. The van der Waals surface area contributed by atoms with Crippen LogP contribution in [-0.2, 0) is 4.79 Å². The molecule has 5 N–H and O–H groups in total. The van der Waals surface area contributed by atoms with E-state index in [1.807, 2.05) is 0 Å². The van der Waals surface area contributed by atoms with Gasteiger partial charge in [0, 0.05) is 0 Å². The molecule has 114 valence electrons. The second kappa shape index (κ2) is 5.94. The predicted octanol–water partition coefficient (Wildman–Crippen LogP) is 0.416. The van der Waals surface area contributed by atoms with Gasteiger partial charge in [-0.05, 0) is 12.8 Å². The third kappa shape index (κ3) is 3.04.